The summed E-state index contributed by atoms with van der Waals surface area (Å²) in [6.07, 6.45) is 4.36. The lowest BCUT2D eigenvalue weighted by Crippen LogP contribution is -2.31. The van der Waals surface area contributed by atoms with E-state index in [0.717, 1.165) is 19.3 Å². The Morgan fingerprint density at radius 3 is 2.52 bits per heavy atom. The fraction of sp³-hybridized carbons (Fsp3) is 0.286. The van der Waals surface area contributed by atoms with Crippen LogP contribution in [-0.4, -0.2) is 33.2 Å². The summed E-state index contributed by atoms with van der Waals surface area (Å²) in [5.41, 5.74) is 1.06. The van der Waals surface area contributed by atoms with Crippen molar-refractivity contribution in [2.45, 2.75) is 32.2 Å². The van der Waals surface area contributed by atoms with Gasteiger partial charge in [-0.15, -0.1) is 0 Å². The van der Waals surface area contributed by atoms with Crippen molar-refractivity contribution in [3.8, 4) is 0 Å². The molecule has 140 valence electrons. The van der Waals surface area contributed by atoms with Crippen LogP contribution < -0.4 is 0 Å². The summed E-state index contributed by atoms with van der Waals surface area (Å²) in [5, 5.41) is 11.4. The number of benzene rings is 1. The molecule has 2 aromatic rings. The molecule has 5 nitrogen and oxygen atoms in total. The fourth-order valence-corrected chi connectivity index (χ4v) is 3.38. The van der Waals surface area contributed by atoms with Crippen molar-refractivity contribution in [2.75, 3.05) is 6.54 Å². The number of aliphatic hydroxyl groups is 1. The molecule has 1 N–H and O–H groups in total. The zero-order valence-corrected chi connectivity index (χ0v) is 15.8. The Kier molecular flexibility index (Phi) is 5.91. The number of amides is 1. The molecule has 1 aliphatic heterocycles. The predicted octanol–water partition coefficient (Wildman–Crippen LogP) is 4.35. The number of hydrogen-bond donors (Lipinski definition) is 1. The number of aliphatic hydroxyl groups excluding tert-OH is 1. The highest BCUT2D eigenvalue weighted by atomic mass is 35.5. The number of rotatable bonds is 6. The average molecular weight is 385 g/mol. The number of likely N-dealkylation sites (tertiary alicyclic amines) is 1. The van der Waals surface area contributed by atoms with Crippen molar-refractivity contribution >= 4 is 29.1 Å². The molecule has 0 saturated carbocycles. The number of nitrogens with zero attached hydrogens (tertiary/aromatic N) is 2. The van der Waals surface area contributed by atoms with Crippen molar-refractivity contribution in [3.63, 3.8) is 0 Å². The summed E-state index contributed by atoms with van der Waals surface area (Å²) < 4.78 is 0. The first-order chi connectivity index (χ1) is 13.0. The van der Waals surface area contributed by atoms with Crippen LogP contribution in [0, 0.1) is 0 Å². The predicted molar refractivity (Wildman–Crippen MR) is 104 cm³/mol. The Morgan fingerprint density at radius 1 is 1.15 bits per heavy atom. The third-order valence-electron chi connectivity index (χ3n) is 4.63. The minimum absolute atomic E-state index is 0.0671. The van der Waals surface area contributed by atoms with E-state index in [1.807, 2.05) is 0 Å². The van der Waals surface area contributed by atoms with Crippen LogP contribution in [-0.2, 0) is 9.59 Å². The highest BCUT2D eigenvalue weighted by Gasteiger charge is 2.46. The molecule has 1 saturated heterocycles. The van der Waals surface area contributed by atoms with Gasteiger partial charge in [0.1, 0.15) is 11.8 Å². The molecule has 6 heteroatoms. The molecule has 0 aliphatic carbocycles. The average Bonchev–Trinajstić information content (AvgIpc) is 2.94. The molecule has 1 aliphatic rings. The minimum Gasteiger partial charge on any atom is -0.507 e. The van der Waals surface area contributed by atoms with Crippen molar-refractivity contribution in [2.24, 2.45) is 0 Å². The molecule has 0 bridgehead atoms. The van der Waals surface area contributed by atoms with E-state index in [1.54, 1.807) is 48.7 Å². The number of aromatic nitrogens is 1. The van der Waals surface area contributed by atoms with Gasteiger partial charge in [0.05, 0.1) is 11.3 Å². The fourth-order valence-electron chi connectivity index (χ4n) is 3.25. The number of carbonyl (C=O) groups excluding carboxylic acids is 2. The van der Waals surface area contributed by atoms with Crippen LogP contribution in [0.5, 0.6) is 0 Å². The quantitative estimate of drug-likeness (QED) is 0.348. The number of Topliss-reactive ketones (excluding diaryl/α,β-unsaturated/α-hetero) is 1. The smallest absolute Gasteiger partial charge is 0.295 e. The third-order valence-corrected chi connectivity index (χ3v) is 4.88. The Labute approximate surface area is 163 Å². The summed E-state index contributed by atoms with van der Waals surface area (Å²) in [5.74, 6) is -1.49. The number of halogens is 1. The molecule has 1 aromatic heterocycles. The Morgan fingerprint density at radius 2 is 1.89 bits per heavy atom. The SMILES string of the molecule is CCCCCN1C(=O)C(=O)/C(=C(\O)c2ccc(Cl)cc2)C1c1ccccn1. The summed E-state index contributed by atoms with van der Waals surface area (Å²) in [6.45, 7) is 2.52. The molecule has 1 atom stereocenters. The van der Waals surface area contributed by atoms with Crippen LogP contribution in [0.4, 0.5) is 0 Å². The maximum atomic E-state index is 12.8. The third kappa shape index (κ3) is 3.88. The molecule has 27 heavy (non-hydrogen) atoms. The molecule has 1 unspecified atom stereocenters. The van der Waals surface area contributed by atoms with E-state index in [-0.39, 0.29) is 11.3 Å². The summed E-state index contributed by atoms with van der Waals surface area (Å²) in [7, 11) is 0. The second kappa shape index (κ2) is 8.35. The van der Waals surface area contributed by atoms with Gasteiger partial charge in [0.25, 0.3) is 11.7 Å². The van der Waals surface area contributed by atoms with Crippen LogP contribution >= 0.6 is 11.6 Å². The molecule has 1 amide bonds. The lowest BCUT2D eigenvalue weighted by molar-refractivity contribution is -0.140. The molecule has 1 fully saturated rings. The minimum atomic E-state index is -0.696. The van der Waals surface area contributed by atoms with E-state index in [9.17, 15) is 14.7 Å². The number of ketones is 1. The molecule has 3 rings (SSSR count). The number of unbranched alkanes of at least 4 members (excludes halogenated alkanes) is 2. The van der Waals surface area contributed by atoms with E-state index in [4.69, 9.17) is 11.6 Å². The van der Waals surface area contributed by atoms with Gasteiger partial charge in [-0.1, -0.05) is 37.4 Å². The lowest BCUT2D eigenvalue weighted by Gasteiger charge is -2.24. The molecule has 2 heterocycles. The summed E-state index contributed by atoms with van der Waals surface area (Å²) >= 11 is 5.91. The van der Waals surface area contributed by atoms with E-state index >= 15 is 0 Å². The summed E-state index contributed by atoms with van der Waals surface area (Å²) in [4.78, 5) is 31.3. The van der Waals surface area contributed by atoms with Crippen LogP contribution in [0.2, 0.25) is 5.02 Å². The van der Waals surface area contributed by atoms with Crippen molar-refractivity contribution in [3.05, 3.63) is 70.5 Å². The second-order valence-electron chi connectivity index (χ2n) is 6.46. The molecular formula is C21H21ClN2O3. The van der Waals surface area contributed by atoms with E-state index in [1.165, 1.54) is 4.90 Å². The Bertz CT molecular complexity index is 863. The first kappa shape index (κ1) is 19.1. The topological polar surface area (TPSA) is 70.5 Å². The highest BCUT2D eigenvalue weighted by molar-refractivity contribution is 6.46. The van der Waals surface area contributed by atoms with E-state index < -0.39 is 17.7 Å². The van der Waals surface area contributed by atoms with E-state index in [2.05, 4.69) is 11.9 Å². The molecule has 0 radical (unpaired) electrons. The largest absolute Gasteiger partial charge is 0.507 e. The number of hydrogen-bond acceptors (Lipinski definition) is 4. The maximum absolute atomic E-state index is 12.8. The Hall–Kier alpha value is -2.66. The standard InChI is InChI=1S/C21H21ClN2O3/c1-2-3-6-13-24-18(16-7-4-5-12-23-16)17(20(26)21(24)27)19(25)14-8-10-15(22)11-9-14/h4-5,7-12,18,25H,2-3,6,13H2,1H3/b19-17-. The van der Waals surface area contributed by atoms with Crippen LogP contribution in [0.1, 0.15) is 43.5 Å². The zero-order chi connectivity index (χ0) is 19.4. The van der Waals surface area contributed by atoms with Gasteiger partial charge in [-0.25, -0.2) is 0 Å². The summed E-state index contributed by atoms with van der Waals surface area (Å²) in [6, 6.07) is 11.1. The monoisotopic (exact) mass is 384 g/mol. The van der Waals surface area contributed by atoms with Crippen molar-refractivity contribution in [1.29, 1.82) is 0 Å². The first-order valence-electron chi connectivity index (χ1n) is 9.00. The van der Waals surface area contributed by atoms with Gasteiger partial charge in [-0.2, -0.15) is 0 Å². The lowest BCUT2D eigenvalue weighted by atomic mass is 9.98. The van der Waals surface area contributed by atoms with Gasteiger partial charge in [0.2, 0.25) is 0 Å². The Balaban J connectivity index is 2.09. The number of pyridine rings is 1. The van der Waals surface area contributed by atoms with Crippen molar-refractivity contribution < 1.29 is 14.7 Å². The molecule has 1 aromatic carbocycles. The van der Waals surface area contributed by atoms with Gasteiger partial charge in [0.15, 0.2) is 0 Å². The van der Waals surface area contributed by atoms with Gasteiger partial charge >= 0.3 is 0 Å². The van der Waals surface area contributed by atoms with Crippen LogP contribution in [0.15, 0.2) is 54.2 Å². The van der Waals surface area contributed by atoms with Gasteiger partial charge in [0, 0.05) is 23.3 Å². The van der Waals surface area contributed by atoms with Crippen molar-refractivity contribution in [1.82, 2.24) is 9.88 Å². The van der Waals surface area contributed by atoms with Gasteiger partial charge < -0.3 is 10.0 Å². The van der Waals surface area contributed by atoms with Crippen LogP contribution in [0.25, 0.3) is 5.76 Å². The second-order valence-corrected chi connectivity index (χ2v) is 6.90. The normalized spacial score (nSPS) is 18.9. The van der Waals surface area contributed by atoms with Crippen LogP contribution in [0.3, 0.4) is 0 Å². The van der Waals surface area contributed by atoms with Gasteiger partial charge in [-0.05, 0) is 42.8 Å². The van der Waals surface area contributed by atoms with Gasteiger partial charge in [-0.3, -0.25) is 14.6 Å². The zero-order valence-electron chi connectivity index (χ0n) is 15.1. The van der Waals surface area contributed by atoms with E-state index in [0.29, 0.717) is 22.8 Å². The number of carbonyl (C=O) groups is 2. The highest BCUT2D eigenvalue weighted by Crippen LogP contribution is 2.38. The molecular weight excluding hydrogens is 364 g/mol. The maximum Gasteiger partial charge on any atom is 0.295 e. The first-order valence-corrected chi connectivity index (χ1v) is 9.37. The molecule has 0 spiro atoms.